The normalized spacial score (nSPS) is 28.3. The minimum Gasteiger partial charge on any atom is -0.456 e. The van der Waals surface area contributed by atoms with Crippen molar-refractivity contribution in [2.24, 2.45) is 5.92 Å². The van der Waals surface area contributed by atoms with Crippen LogP contribution in [-0.4, -0.2) is 94.2 Å². The molecule has 2 rings (SSSR count). The molecule has 11 heteroatoms. The van der Waals surface area contributed by atoms with Gasteiger partial charge in [0.15, 0.2) is 6.10 Å². The highest BCUT2D eigenvalue weighted by Crippen LogP contribution is 2.33. The Bertz CT molecular complexity index is 811. The van der Waals surface area contributed by atoms with Crippen molar-refractivity contribution in [2.45, 2.75) is 177 Å². The van der Waals surface area contributed by atoms with Gasteiger partial charge in [0.25, 0.3) is 0 Å². The summed E-state index contributed by atoms with van der Waals surface area (Å²) in [7, 11) is 1.95. The number of alkyl halides is 1. The Labute approximate surface area is 289 Å². The third-order valence-electron chi connectivity index (χ3n) is 9.36. The number of ether oxygens (including phenoxy) is 2. The maximum Gasteiger partial charge on any atom is 0.306 e. The number of aliphatic hydroxyl groups excluding tert-OH is 2. The smallest absolute Gasteiger partial charge is 0.306 e. The van der Waals surface area contributed by atoms with E-state index in [1.54, 1.807) is 13.2 Å². The standard InChI is InChI=1S/C34H63ClN2O6S.ClH/c1-6-8-9-10-11-12-13-14-15-16-17-18-19-21-27(38)42-32-30(40)29(39)31(43-34(32)44-5)28(24(3)35)36-33(41)26-22-25(20-7-2)23-37(26)4;/h24-26,28-32,34,39-40H,6-23H2,1-5H3,(H,36,41);1H. The molecule has 45 heavy (non-hydrogen) atoms. The van der Waals surface area contributed by atoms with E-state index in [9.17, 15) is 19.8 Å². The number of carbonyl (C=O) groups excluding carboxylic acids is 2. The molecule has 2 heterocycles. The zero-order valence-corrected chi connectivity index (χ0v) is 31.0. The second-order valence-electron chi connectivity index (χ2n) is 13.2. The van der Waals surface area contributed by atoms with Gasteiger partial charge in [0.2, 0.25) is 5.91 Å². The van der Waals surface area contributed by atoms with E-state index in [1.165, 1.54) is 76.0 Å². The molecule has 0 aromatic rings. The van der Waals surface area contributed by atoms with Crippen LogP contribution in [0.1, 0.15) is 130 Å². The van der Waals surface area contributed by atoms with Gasteiger partial charge in [0, 0.05) is 13.0 Å². The van der Waals surface area contributed by atoms with Crippen molar-refractivity contribution in [3.63, 3.8) is 0 Å². The van der Waals surface area contributed by atoms with Crippen LogP contribution < -0.4 is 5.32 Å². The summed E-state index contributed by atoms with van der Waals surface area (Å²) in [6.07, 6.45) is 16.3. The largest absolute Gasteiger partial charge is 0.456 e. The highest BCUT2D eigenvalue weighted by Gasteiger charge is 2.50. The van der Waals surface area contributed by atoms with Crippen molar-refractivity contribution in [3.8, 4) is 0 Å². The number of unbranched alkanes of at least 4 members (excludes halogenated alkanes) is 12. The quantitative estimate of drug-likeness (QED) is 0.0641. The van der Waals surface area contributed by atoms with Crippen molar-refractivity contribution in [1.29, 1.82) is 0 Å². The molecule has 0 aromatic carbocycles. The van der Waals surface area contributed by atoms with Crippen molar-refractivity contribution >= 4 is 47.6 Å². The molecule has 2 aliphatic rings. The molecule has 9 atom stereocenters. The molecule has 0 radical (unpaired) electrons. The van der Waals surface area contributed by atoms with Crippen molar-refractivity contribution in [1.82, 2.24) is 10.2 Å². The van der Waals surface area contributed by atoms with Crippen molar-refractivity contribution < 1.29 is 29.3 Å². The first-order valence-corrected chi connectivity index (χ1v) is 19.2. The number of rotatable bonds is 22. The van der Waals surface area contributed by atoms with Gasteiger partial charge < -0.3 is 25.0 Å². The fourth-order valence-electron chi connectivity index (χ4n) is 6.72. The van der Waals surface area contributed by atoms with Gasteiger partial charge in [-0.1, -0.05) is 97.3 Å². The van der Waals surface area contributed by atoms with Gasteiger partial charge in [-0.25, -0.2) is 0 Å². The van der Waals surface area contributed by atoms with Gasteiger partial charge in [-0.15, -0.1) is 35.8 Å². The lowest BCUT2D eigenvalue weighted by Gasteiger charge is -2.45. The van der Waals surface area contributed by atoms with E-state index in [0.29, 0.717) is 5.92 Å². The summed E-state index contributed by atoms with van der Waals surface area (Å²) in [6, 6.07) is -1.00. The summed E-state index contributed by atoms with van der Waals surface area (Å²) in [6.45, 7) is 7.01. The van der Waals surface area contributed by atoms with Crippen molar-refractivity contribution in [3.05, 3.63) is 0 Å². The van der Waals surface area contributed by atoms with Crippen LogP contribution >= 0.6 is 35.8 Å². The van der Waals surface area contributed by atoms with Crippen LogP contribution in [0.2, 0.25) is 0 Å². The Hall–Kier alpha value is -0.290. The molecular weight excluding hydrogens is 635 g/mol. The second kappa shape index (κ2) is 23.9. The van der Waals surface area contributed by atoms with Crippen LogP contribution in [0.15, 0.2) is 0 Å². The van der Waals surface area contributed by atoms with Crippen molar-refractivity contribution in [2.75, 3.05) is 19.8 Å². The Morgan fingerprint density at radius 2 is 1.51 bits per heavy atom. The highest BCUT2D eigenvalue weighted by atomic mass is 35.5. The van der Waals surface area contributed by atoms with Crippen LogP contribution in [0.3, 0.4) is 0 Å². The average Bonchev–Trinajstić information content (AvgIpc) is 3.36. The van der Waals surface area contributed by atoms with Gasteiger partial charge in [0.1, 0.15) is 23.7 Å². The molecule has 0 aliphatic carbocycles. The lowest BCUT2D eigenvalue weighted by Crippen LogP contribution is -2.65. The van der Waals surface area contributed by atoms with Gasteiger partial charge in [-0.3, -0.25) is 14.5 Å². The molecule has 2 aliphatic heterocycles. The molecule has 0 saturated carbocycles. The van der Waals surface area contributed by atoms with E-state index in [4.69, 9.17) is 21.1 Å². The first-order chi connectivity index (χ1) is 21.1. The number of nitrogens with one attached hydrogen (secondary N) is 1. The molecule has 8 nitrogen and oxygen atoms in total. The minimum absolute atomic E-state index is 0. The second-order valence-corrected chi connectivity index (χ2v) is 14.8. The predicted molar refractivity (Wildman–Crippen MR) is 188 cm³/mol. The topological polar surface area (TPSA) is 108 Å². The SMILES string of the molecule is CCCCCCCCCCCCCCCC(=O)OC1C(SC)OC(C(NC(=O)C2CC(CCC)CN2C)C(C)Cl)C(O)C1O.Cl. The average molecular weight is 700 g/mol. The molecule has 9 unspecified atom stereocenters. The molecule has 266 valence electrons. The number of nitrogens with zero attached hydrogens (tertiary/aromatic N) is 1. The lowest BCUT2D eigenvalue weighted by molar-refractivity contribution is -0.218. The maximum absolute atomic E-state index is 13.3. The summed E-state index contributed by atoms with van der Waals surface area (Å²) >= 11 is 7.82. The maximum atomic E-state index is 13.3. The summed E-state index contributed by atoms with van der Waals surface area (Å²) in [5.74, 6) is -0.0742. The number of hydrogen-bond acceptors (Lipinski definition) is 8. The van der Waals surface area contributed by atoms with E-state index in [-0.39, 0.29) is 30.8 Å². The first-order valence-electron chi connectivity index (χ1n) is 17.5. The van der Waals surface area contributed by atoms with Crippen LogP contribution in [0.25, 0.3) is 0 Å². The third-order valence-corrected chi connectivity index (χ3v) is 10.5. The Morgan fingerprint density at radius 3 is 2.02 bits per heavy atom. The first kappa shape index (κ1) is 42.7. The summed E-state index contributed by atoms with van der Waals surface area (Å²) in [5.41, 5.74) is -0.702. The Balaban J connectivity index is 0.0000101. The van der Waals surface area contributed by atoms with E-state index in [1.807, 2.05) is 7.05 Å². The van der Waals surface area contributed by atoms with E-state index in [2.05, 4.69) is 24.1 Å². The van der Waals surface area contributed by atoms with Gasteiger partial charge in [0.05, 0.1) is 17.5 Å². The van der Waals surface area contributed by atoms with Crippen LogP contribution in [0.4, 0.5) is 0 Å². The monoisotopic (exact) mass is 698 g/mol. The lowest BCUT2D eigenvalue weighted by atomic mass is 9.92. The molecule has 3 N–H and O–H groups in total. The number of carbonyl (C=O) groups is 2. The zero-order chi connectivity index (χ0) is 32.5. The molecular formula is C34H64Cl2N2O6S. The van der Waals surface area contributed by atoms with Crippen LogP contribution in [0, 0.1) is 5.92 Å². The van der Waals surface area contributed by atoms with Crippen LogP contribution in [-0.2, 0) is 19.1 Å². The molecule has 2 saturated heterocycles. The Morgan fingerprint density at radius 1 is 0.956 bits per heavy atom. The van der Waals surface area contributed by atoms with Gasteiger partial charge in [-0.2, -0.15) is 0 Å². The summed E-state index contributed by atoms with van der Waals surface area (Å²) in [5, 5.41) is 24.6. The molecule has 2 fully saturated rings. The molecule has 0 bridgehead atoms. The fraction of sp³-hybridized carbons (Fsp3) is 0.941. The number of amides is 1. The van der Waals surface area contributed by atoms with E-state index >= 15 is 0 Å². The highest BCUT2D eigenvalue weighted by molar-refractivity contribution is 7.99. The molecule has 0 spiro atoms. The van der Waals surface area contributed by atoms with Gasteiger partial charge >= 0.3 is 5.97 Å². The molecule has 1 amide bonds. The van der Waals surface area contributed by atoms with Crippen LogP contribution in [0.5, 0.6) is 0 Å². The number of likely N-dealkylation sites (N-methyl/N-ethyl adjacent to an activating group) is 1. The summed E-state index contributed by atoms with van der Waals surface area (Å²) in [4.78, 5) is 28.0. The Kier molecular flexibility index (Phi) is 22.7. The fourth-order valence-corrected chi connectivity index (χ4v) is 7.65. The number of aliphatic hydroxyl groups is 2. The number of halogens is 2. The zero-order valence-electron chi connectivity index (χ0n) is 28.6. The predicted octanol–water partition coefficient (Wildman–Crippen LogP) is 6.84. The number of hydrogen-bond donors (Lipinski definition) is 3. The number of esters is 1. The number of likely N-dealkylation sites (tertiary alicyclic amines) is 1. The van der Waals surface area contributed by atoms with E-state index in [0.717, 1.165) is 45.1 Å². The summed E-state index contributed by atoms with van der Waals surface area (Å²) < 4.78 is 11.9. The van der Waals surface area contributed by atoms with E-state index < -0.39 is 47.2 Å². The minimum atomic E-state index is -1.38. The third kappa shape index (κ3) is 14.8. The number of thioether (sulfide) groups is 1. The molecule has 0 aromatic heterocycles. The van der Waals surface area contributed by atoms with Gasteiger partial charge in [-0.05, 0) is 45.4 Å².